The van der Waals surface area contributed by atoms with Gasteiger partial charge in [-0.2, -0.15) is 8.61 Å². The molecule has 0 spiro atoms. The van der Waals surface area contributed by atoms with E-state index in [4.69, 9.17) is 0 Å². The van der Waals surface area contributed by atoms with Crippen molar-refractivity contribution in [3.63, 3.8) is 0 Å². The highest BCUT2D eigenvalue weighted by molar-refractivity contribution is 7.89. The lowest BCUT2D eigenvalue weighted by molar-refractivity contribution is 0.0978. The maximum atomic E-state index is 13.8. The fourth-order valence-electron chi connectivity index (χ4n) is 7.04. The van der Waals surface area contributed by atoms with Gasteiger partial charge in [0.2, 0.25) is 20.0 Å². The zero-order valence-corrected chi connectivity index (χ0v) is 26.8. The Hall–Kier alpha value is -3.96. The molecule has 0 unspecified atom stereocenters. The van der Waals surface area contributed by atoms with E-state index in [0.29, 0.717) is 51.9 Å². The minimum absolute atomic E-state index is 0.0315. The summed E-state index contributed by atoms with van der Waals surface area (Å²) in [5.41, 5.74) is 2.53. The van der Waals surface area contributed by atoms with E-state index >= 15 is 0 Å². The van der Waals surface area contributed by atoms with Crippen molar-refractivity contribution in [2.45, 2.75) is 47.3 Å². The molecule has 0 amide bonds. The molecule has 0 N–H and O–H groups in total. The van der Waals surface area contributed by atoms with Gasteiger partial charge >= 0.3 is 0 Å². The van der Waals surface area contributed by atoms with Crippen LogP contribution in [0.4, 0.5) is 0 Å². The highest BCUT2D eigenvalue weighted by Gasteiger charge is 2.36. The van der Waals surface area contributed by atoms with Gasteiger partial charge in [0, 0.05) is 48.4 Å². The summed E-state index contributed by atoms with van der Waals surface area (Å²) in [6, 6.07) is 28.2. The second-order valence-electron chi connectivity index (χ2n) is 12.3. The van der Waals surface area contributed by atoms with Gasteiger partial charge in [-0.3, -0.25) is 9.59 Å². The summed E-state index contributed by atoms with van der Waals surface area (Å²) in [5.74, 6) is -0.464. The van der Waals surface area contributed by atoms with Crippen LogP contribution in [0.1, 0.15) is 80.5 Å². The third-order valence-electron chi connectivity index (χ3n) is 9.69. The molecular weight excluding hydrogens is 621 g/mol. The standard InChI is InChI=1S/C36H34N2O6S2/c39-35-31-13-11-29(45(41,42)37-19-15-27(16-20-37)25-7-3-1-4-8-25)23-33(31)36(40)34-24-30(12-14-32(34)35)46(43,44)38-21-17-28(18-22-38)26-9-5-2-6-10-26/h1-14,23-24,27-28H,15-22H2. The average molecular weight is 655 g/mol. The van der Waals surface area contributed by atoms with Crippen LogP contribution < -0.4 is 0 Å². The number of ketones is 2. The topological polar surface area (TPSA) is 109 Å². The first-order valence-electron chi connectivity index (χ1n) is 15.6. The Morgan fingerprint density at radius 2 is 0.804 bits per heavy atom. The van der Waals surface area contributed by atoms with Crippen LogP contribution in [0.5, 0.6) is 0 Å². The predicted molar refractivity (Wildman–Crippen MR) is 174 cm³/mol. The molecule has 0 radical (unpaired) electrons. The number of sulfonamides is 2. The van der Waals surface area contributed by atoms with Crippen molar-refractivity contribution < 1.29 is 26.4 Å². The van der Waals surface area contributed by atoms with Crippen molar-refractivity contribution in [2.75, 3.05) is 26.2 Å². The molecule has 2 saturated heterocycles. The van der Waals surface area contributed by atoms with Gasteiger partial charge < -0.3 is 0 Å². The van der Waals surface area contributed by atoms with E-state index < -0.39 is 31.6 Å². The van der Waals surface area contributed by atoms with Crippen molar-refractivity contribution >= 4 is 31.6 Å². The largest absolute Gasteiger partial charge is 0.289 e. The SMILES string of the molecule is O=C1c2ccc(S(=O)(=O)N3CCC(c4ccccc4)CC3)cc2C(=O)c2cc(S(=O)(=O)N3CCC(c4ccccc4)CC3)ccc21. The number of carbonyl (C=O) groups is 2. The molecule has 2 aliphatic heterocycles. The van der Waals surface area contributed by atoms with E-state index in [2.05, 4.69) is 24.3 Å². The molecule has 236 valence electrons. The predicted octanol–water partition coefficient (Wildman–Crippen LogP) is 5.60. The van der Waals surface area contributed by atoms with E-state index in [1.165, 1.54) is 56.1 Å². The van der Waals surface area contributed by atoms with Crippen LogP contribution in [0.25, 0.3) is 0 Å². The van der Waals surface area contributed by atoms with E-state index in [1.807, 2.05) is 36.4 Å². The molecule has 4 aromatic carbocycles. The van der Waals surface area contributed by atoms with Crippen LogP contribution in [0, 0.1) is 0 Å². The molecule has 46 heavy (non-hydrogen) atoms. The van der Waals surface area contributed by atoms with Gasteiger partial charge in [0.15, 0.2) is 11.6 Å². The molecule has 8 nitrogen and oxygen atoms in total. The zero-order valence-electron chi connectivity index (χ0n) is 25.2. The van der Waals surface area contributed by atoms with Crippen molar-refractivity contribution in [1.82, 2.24) is 8.61 Å². The molecule has 2 heterocycles. The number of nitrogens with zero attached hydrogens (tertiary/aromatic N) is 2. The first kappa shape index (κ1) is 30.7. The van der Waals surface area contributed by atoms with E-state index in [0.717, 1.165) is 0 Å². The summed E-state index contributed by atoms with van der Waals surface area (Å²) in [5, 5.41) is 0. The molecule has 0 aromatic heterocycles. The molecule has 3 aliphatic rings. The van der Waals surface area contributed by atoms with Crippen LogP contribution in [-0.2, 0) is 20.0 Å². The van der Waals surface area contributed by atoms with Crippen LogP contribution >= 0.6 is 0 Å². The summed E-state index contributed by atoms with van der Waals surface area (Å²) in [7, 11) is -7.85. The van der Waals surface area contributed by atoms with Crippen molar-refractivity contribution in [3.8, 4) is 0 Å². The van der Waals surface area contributed by atoms with E-state index in [-0.39, 0.29) is 43.9 Å². The minimum atomic E-state index is -3.92. The quantitative estimate of drug-likeness (QED) is 0.236. The third kappa shape index (κ3) is 5.43. The first-order valence-corrected chi connectivity index (χ1v) is 18.5. The molecule has 7 rings (SSSR count). The molecular formula is C36H34N2O6S2. The van der Waals surface area contributed by atoms with Crippen molar-refractivity contribution in [3.05, 3.63) is 130 Å². The molecule has 0 atom stereocenters. The Kier molecular flexibility index (Phi) is 8.01. The smallest absolute Gasteiger partial charge is 0.243 e. The lowest BCUT2D eigenvalue weighted by atomic mass is 9.84. The van der Waals surface area contributed by atoms with Gasteiger partial charge in [0.25, 0.3) is 0 Å². The fourth-order valence-corrected chi connectivity index (χ4v) is 10.0. The second-order valence-corrected chi connectivity index (χ2v) is 16.1. The van der Waals surface area contributed by atoms with Crippen LogP contribution in [0.15, 0.2) is 107 Å². The first-order chi connectivity index (χ1) is 22.1. The molecule has 4 aromatic rings. The number of carbonyl (C=O) groups excluding carboxylic acids is 2. The maximum absolute atomic E-state index is 13.8. The molecule has 0 bridgehead atoms. The number of piperidine rings is 2. The number of rotatable bonds is 6. The Morgan fingerprint density at radius 1 is 0.457 bits per heavy atom. The lowest BCUT2D eigenvalue weighted by Gasteiger charge is -2.32. The Bertz CT molecular complexity index is 1890. The van der Waals surface area contributed by atoms with E-state index in [9.17, 15) is 26.4 Å². The summed E-state index contributed by atoms with van der Waals surface area (Å²) in [6.07, 6.45) is 2.72. The van der Waals surface area contributed by atoms with Gasteiger partial charge in [-0.25, -0.2) is 16.8 Å². The Morgan fingerprint density at radius 3 is 1.17 bits per heavy atom. The summed E-state index contributed by atoms with van der Waals surface area (Å²) < 4.78 is 57.5. The van der Waals surface area contributed by atoms with Gasteiger partial charge in [0.05, 0.1) is 9.79 Å². The molecule has 0 saturated carbocycles. The van der Waals surface area contributed by atoms with Gasteiger partial charge in [-0.05, 0) is 85.0 Å². The van der Waals surface area contributed by atoms with E-state index in [1.54, 1.807) is 0 Å². The summed E-state index contributed by atoms with van der Waals surface area (Å²) >= 11 is 0. The molecule has 10 heteroatoms. The summed E-state index contributed by atoms with van der Waals surface area (Å²) in [6.45, 7) is 1.38. The minimum Gasteiger partial charge on any atom is -0.289 e. The lowest BCUT2D eigenvalue weighted by Crippen LogP contribution is -2.38. The van der Waals surface area contributed by atoms with Crippen LogP contribution in [0.3, 0.4) is 0 Å². The monoisotopic (exact) mass is 654 g/mol. The second kappa shape index (κ2) is 12.0. The van der Waals surface area contributed by atoms with Crippen LogP contribution in [-0.4, -0.2) is 63.2 Å². The summed E-state index contributed by atoms with van der Waals surface area (Å²) in [4.78, 5) is 27.1. The molecule has 1 aliphatic carbocycles. The van der Waals surface area contributed by atoms with Crippen molar-refractivity contribution in [1.29, 1.82) is 0 Å². The van der Waals surface area contributed by atoms with Gasteiger partial charge in [-0.15, -0.1) is 0 Å². The Labute approximate surface area is 269 Å². The highest BCUT2D eigenvalue weighted by Crippen LogP contribution is 2.35. The number of hydrogen-bond acceptors (Lipinski definition) is 6. The number of fused-ring (bicyclic) bond motifs is 2. The van der Waals surface area contributed by atoms with Gasteiger partial charge in [0.1, 0.15) is 0 Å². The van der Waals surface area contributed by atoms with Gasteiger partial charge in [-0.1, -0.05) is 60.7 Å². The zero-order chi connectivity index (χ0) is 32.1. The Balaban J connectivity index is 1.11. The van der Waals surface area contributed by atoms with Crippen LogP contribution in [0.2, 0.25) is 0 Å². The van der Waals surface area contributed by atoms with Crippen molar-refractivity contribution in [2.24, 2.45) is 0 Å². The number of benzene rings is 4. The normalized spacial score (nSPS) is 18.7. The third-order valence-corrected chi connectivity index (χ3v) is 13.5. The average Bonchev–Trinajstić information content (AvgIpc) is 3.11. The highest BCUT2D eigenvalue weighted by atomic mass is 32.2. The maximum Gasteiger partial charge on any atom is 0.243 e. The fraction of sp³-hybridized carbons (Fsp3) is 0.278. The molecule has 2 fully saturated rings. The number of hydrogen-bond donors (Lipinski definition) is 0.